The van der Waals surface area contributed by atoms with Gasteiger partial charge < -0.3 is 15.6 Å². The van der Waals surface area contributed by atoms with Gasteiger partial charge in [0.1, 0.15) is 0 Å². The van der Waals surface area contributed by atoms with Crippen molar-refractivity contribution in [3.63, 3.8) is 0 Å². The molecule has 3 N–H and O–H groups in total. The number of aliphatic hydroxyl groups excluding tert-OH is 1. The maximum Gasteiger partial charge on any atom is 0.0811 e. The van der Waals surface area contributed by atoms with Crippen molar-refractivity contribution in [1.82, 2.24) is 0 Å². The van der Waals surface area contributed by atoms with Crippen molar-refractivity contribution in [2.75, 3.05) is 6.54 Å². The molecule has 0 aromatic heterocycles. The smallest absolute Gasteiger partial charge is 0.0811 e. The van der Waals surface area contributed by atoms with Crippen LogP contribution in [0.1, 0.15) is 52.4 Å². The molecule has 1 fully saturated rings. The van der Waals surface area contributed by atoms with Crippen LogP contribution in [0, 0.1) is 0 Å². The predicted octanol–water partition coefficient (Wildman–Crippen LogP) is 1.82. The zero-order valence-electron chi connectivity index (χ0n) is 10.0. The van der Waals surface area contributed by atoms with E-state index in [1.165, 1.54) is 25.7 Å². The molecule has 3 heteroatoms. The van der Waals surface area contributed by atoms with Gasteiger partial charge in [-0.2, -0.15) is 0 Å². The van der Waals surface area contributed by atoms with Crippen LogP contribution in [-0.2, 0) is 4.74 Å². The largest absolute Gasteiger partial charge is 0.391 e. The fourth-order valence-electron chi connectivity index (χ4n) is 2.24. The average Bonchev–Trinajstić information content (AvgIpc) is 2.44. The molecule has 1 saturated carbocycles. The van der Waals surface area contributed by atoms with Crippen LogP contribution in [0.5, 0.6) is 0 Å². The molecule has 90 valence electrons. The molecule has 0 aromatic carbocycles. The maximum absolute atomic E-state index is 9.47. The fraction of sp³-hybridized carbons (Fsp3) is 1.00. The zero-order valence-corrected chi connectivity index (χ0v) is 10.0. The van der Waals surface area contributed by atoms with E-state index in [4.69, 9.17) is 10.5 Å². The normalized spacial score (nSPS) is 25.6. The summed E-state index contributed by atoms with van der Waals surface area (Å²) in [4.78, 5) is 0. The number of aliphatic hydroxyl groups is 1. The van der Waals surface area contributed by atoms with E-state index < -0.39 is 6.10 Å². The molecular formula is C12H25NO2. The summed E-state index contributed by atoms with van der Waals surface area (Å²) in [5.74, 6) is 0. The van der Waals surface area contributed by atoms with E-state index in [9.17, 15) is 5.11 Å². The Morgan fingerprint density at radius 1 is 1.20 bits per heavy atom. The summed E-state index contributed by atoms with van der Waals surface area (Å²) < 4.78 is 5.99. The maximum atomic E-state index is 9.47. The predicted molar refractivity (Wildman–Crippen MR) is 61.7 cm³/mol. The minimum atomic E-state index is -0.420. The zero-order chi connectivity index (χ0) is 11.3. The van der Waals surface area contributed by atoms with E-state index in [-0.39, 0.29) is 11.7 Å². The molecule has 3 nitrogen and oxygen atoms in total. The van der Waals surface area contributed by atoms with Crippen molar-refractivity contribution in [1.29, 1.82) is 0 Å². The second-order valence-corrected chi connectivity index (χ2v) is 4.86. The van der Waals surface area contributed by atoms with E-state index in [1.807, 2.05) is 6.92 Å². The minimum absolute atomic E-state index is 0.119. The molecule has 0 bridgehead atoms. The highest BCUT2D eigenvalue weighted by Gasteiger charge is 2.33. The first-order chi connectivity index (χ1) is 7.09. The van der Waals surface area contributed by atoms with Gasteiger partial charge >= 0.3 is 0 Å². The molecule has 1 rings (SSSR count). The van der Waals surface area contributed by atoms with E-state index in [0.717, 1.165) is 12.8 Å². The van der Waals surface area contributed by atoms with Crippen molar-refractivity contribution in [2.45, 2.75) is 70.2 Å². The molecule has 0 saturated heterocycles. The summed E-state index contributed by atoms with van der Waals surface area (Å²) >= 11 is 0. The topological polar surface area (TPSA) is 55.5 Å². The number of hydrogen-bond donors (Lipinski definition) is 2. The first kappa shape index (κ1) is 12.9. The Balaban J connectivity index is 2.57. The Hall–Kier alpha value is -0.120. The summed E-state index contributed by atoms with van der Waals surface area (Å²) in [5, 5.41) is 9.47. The second kappa shape index (κ2) is 5.83. The molecule has 1 aliphatic carbocycles. The SMILES string of the molecule is CC(O)C(C)OC1(CN)CCCCCC1. The average molecular weight is 215 g/mol. The van der Waals surface area contributed by atoms with E-state index in [1.54, 1.807) is 6.92 Å². The number of ether oxygens (including phenoxy) is 1. The van der Waals surface area contributed by atoms with Gasteiger partial charge in [0, 0.05) is 6.54 Å². The third-order valence-electron chi connectivity index (χ3n) is 3.50. The van der Waals surface area contributed by atoms with Crippen LogP contribution in [0.15, 0.2) is 0 Å². The summed E-state index contributed by atoms with van der Waals surface area (Å²) in [6.45, 7) is 4.27. The van der Waals surface area contributed by atoms with Gasteiger partial charge in [-0.05, 0) is 26.7 Å². The van der Waals surface area contributed by atoms with E-state index in [0.29, 0.717) is 6.54 Å². The highest BCUT2D eigenvalue weighted by Crippen LogP contribution is 2.31. The Bertz CT molecular complexity index is 174. The molecule has 1 aliphatic rings. The van der Waals surface area contributed by atoms with Crippen molar-refractivity contribution in [3.05, 3.63) is 0 Å². The Kier molecular flexibility index (Phi) is 5.03. The van der Waals surface area contributed by atoms with E-state index in [2.05, 4.69) is 0 Å². The summed E-state index contributed by atoms with van der Waals surface area (Å²) in [6.07, 6.45) is 6.51. The molecule has 0 heterocycles. The molecule has 15 heavy (non-hydrogen) atoms. The quantitative estimate of drug-likeness (QED) is 0.703. The first-order valence-electron chi connectivity index (χ1n) is 6.15. The van der Waals surface area contributed by atoms with Crippen LogP contribution in [0.4, 0.5) is 0 Å². The molecule has 0 spiro atoms. The molecule has 2 atom stereocenters. The van der Waals surface area contributed by atoms with Crippen LogP contribution in [0.3, 0.4) is 0 Å². The van der Waals surface area contributed by atoms with Crippen molar-refractivity contribution in [2.24, 2.45) is 5.73 Å². The van der Waals surface area contributed by atoms with Gasteiger partial charge in [0.2, 0.25) is 0 Å². The van der Waals surface area contributed by atoms with Crippen LogP contribution < -0.4 is 5.73 Å². The summed E-state index contributed by atoms with van der Waals surface area (Å²) in [7, 11) is 0. The number of nitrogens with two attached hydrogens (primary N) is 1. The van der Waals surface area contributed by atoms with Gasteiger partial charge in [-0.15, -0.1) is 0 Å². The highest BCUT2D eigenvalue weighted by atomic mass is 16.5. The van der Waals surface area contributed by atoms with Crippen LogP contribution >= 0.6 is 0 Å². The Morgan fingerprint density at radius 2 is 1.73 bits per heavy atom. The summed E-state index contributed by atoms with van der Waals surface area (Å²) in [6, 6.07) is 0. The lowest BCUT2D eigenvalue weighted by Gasteiger charge is -2.35. The van der Waals surface area contributed by atoms with Crippen LogP contribution in [-0.4, -0.2) is 29.5 Å². The lowest BCUT2D eigenvalue weighted by Crippen LogP contribution is -2.45. The summed E-state index contributed by atoms with van der Waals surface area (Å²) in [5.41, 5.74) is 5.68. The molecule has 0 aliphatic heterocycles. The van der Waals surface area contributed by atoms with Gasteiger partial charge in [0.05, 0.1) is 17.8 Å². The van der Waals surface area contributed by atoms with Crippen molar-refractivity contribution in [3.8, 4) is 0 Å². The first-order valence-corrected chi connectivity index (χ1v) is 6.15. The molecule has 0 aromatic rings. The van der Waals surface area contributed by atoms with Crippen molar-refractivity contribution < 1.29 is 9.84 Å². The third-order valence-corrected chi connectivity index (χ3v) is 3.50. The van der Waals surface area contributed by atoms with Crippen LogP contribution in [0.25, 0.3) is 0 Å². The third kappa shape index (κ3) is 3.74. The van der Waals surface area contributed by atoms with Gasteiger partial charge in [0.25, 0.3) is 0 Å². The molecule has 0 radical (unpaired) electrons. The Morgan fingerprint density at radius 3 is 2.13 bits per heavy atom. The van der Waals surface area contributed by atoms with Gasteiger partial charge in [-0.3, -0.25) is 0 Å². The lowest BCUT2D eigenvalue weighted by molar-refractivity contribution is -0.125. The van der Waals surface area contributed by atoms with Crippen molar-refractivity contribution >= 4 is 0 Å². The van der Waals surface area contributed by atoms with Crippen LogP contribution in [0.2, 0.25) is 0 Å². The van der Waals surface area contributed by atoms with E-state index >= 15 is 0 Å². The fourth-order valence-corrected chi connectivity index (χ4v) is 2.24. The van der Waals surface area contributed by atoms with Gasteiger partial charge in [0.15, 0.2) is 0 Å². The Labute approximate surface area is 93.0 Å². The lowest BCUT2D eigenvalue weighted by atomic mass is 9.94. The van der Waals surface area contributed by atoms with Gasteiger partial charge in [-0.1, -0.05) is 25.7 Å². The van der Waals surface area contributed by atoms with Gasteiger partial charge in [-0.25, -0.2) is 0 Å². The highest BCUT2D eigenvalue weighted by molar-refractivity contribution is 4.85. The standard InChI is InChI=1S/C12H25NO2/c1-10(14)11(2)15-12(9-13)7-5-3-4-6-8-12/h10-11,14H,3-9,13H2,1-2H3. The monoisotopic (exact) mass is 215 g/mol. The second-order valence-electron chi connectivity index (χ2n) is 4.86. The molecule has 2 unspecified atom stereocenters. The molecule has 0 amide bonds. The number of rotatable bonds is 4. The number of hydrogen-bond acceptors (Lipinski definition) is 3. The minimum Gasteiger partial charge on any atom is -0.391 e. The molecular weight excluding hydrogens is 190 g/mol.